The quantitative estimate of drug-likeness (QED) is 0.263. The van der Waals surface area contributed by atoms with Gasteiger partial charge in [-0.15, -0.1) is 0 Å². The standard InChI is InChI=1S/C35H45FN2O5/c1-5-38(23-24-6-11-33(31(36)18-24)43-17-14-37(2)28-12-15-42-16-13-28)32-22-35(41-4)34(40-3)21-30(32)27-8-7-26-20-29(39)10-9-25(26)19-27/h6,9-11,18,20-22,27-28,39H,5,7-8,12-17,19,23H2,1-4H3. The van der Waals surface area contributed by atoms with Gasteiger partial charge >= 0.3 is 0 Å². The van der Waals surface area contributed by atoms with E-state index < -0.39 is 0 Å². The molecule has 0 amide bonds. The van der Waals surface area contributed by atoms with Crippen molar-refractivity contribution in [1.82, 2.24) is 4.90 Å². The highest BCUT2D eigenvalue weighted by Gasteiger charge is 2.27. The monoisotopic (exact) mass is 592 g/mol. The number of hydrogen-bond donors (Lipinski definition) is 1. The lowest BCUT2D eigenvalue weighted by molar-refractivity contribution is 0.0391. The lowest BCUT2D eigenvalue weighted by Crippen LogP contribution is -2.38. The summed E-state index contributed by atoms with van der Waals surface area (Å²) >= 11 is 0. The summed E-state index contributed by atoms with van der Waals surface area (Å²) in [5.74, 6) is 1.89. The van der Waals surface area contributed by atoms with Gasteiger partial charge in [0.2, 0.25) is 0 Å². The number of methoxy groups -OCH3 is 2. The first-order chi connectivity index (χ1) is 20.9. The third-order valence-corrected chi connectivity index (χ3v) is 9.00. The number of fused-ring (bicyclic) bond motifs is 1. The molecule has 0 aromatic heterocycles. The summed E-state index contributed by atoms with van der Waals surface area (Å²) in [6, 6.07) is 15.6. The van der Waals surface area contributed by atoms with Gasteiger partial charge in [-0.3, -0.25) is 4.90 Å². The van der Waals surface area contributed by atoms with Gasteiger partial charge in [-0.1, -0.05) is 12.1 Å². The van der Waals surface area contributed by atoms with Crippen molar-refractivity contribution in [3.63, 3.8) is 0 Å². The molecule has 232 valence electrons. The number of rotatable bonds is 12. The number of anilines is 1. The molecule has 0 saturated carbocycles. The number of aryl methyl sites for hydroxylation is 1. The predicted molar refractivity (Wildman–Crippen MR) is 168 cm³/mol. The number of halogens is 1. The van der Waals surface area contributed by atoms with E-state index in [1.807, 2.05) is 24.3 Å². The first-order valence-electron chi connectivity index (χ1n) is 15.4. The van der Waals surface area contributed by atoms with E-state index in [4.69, 9.17) is 18.9 Å². The smallest absolute Gasteiger partial charge is 0.165 e. The van der Waals surface area contributed by atoms with Crippen LogP contribution in [0.25, 0.3) is 0 Å². The Morgan fingerprint density at radius 1 is 0.930 bits per heavy atom. The predicted octanol–water partition coefficient (Wildman–Crippen LogP) is 6.34. The van der Waals surface area contributed by atoms with Crippen molar-refractivity contribution in [1.29, 1.82) is 0 Å². The summed E-state index contributed by atoms with van der Waals surface area (Å²) in [6.45, 7) is 6.16. The molecule has 1 fully saturated rings. The van der Waals surface area contributed by atoms with Crippen LogP contribution in [0.3, 0.4) is 0 Å². The molecular formula is C35H45FN2O5. The SMILES string of the molecule is CCN(Cc1ccc(OCCN(C)C2CCOCC2)c(F)c1)c1cc(OC)c(OC)cc1C1CCc2cc(O)ccc2C1. The van der Waals surface area contributed by atoms with E-state index >= 15 is 4.39 Å². The molecule has 1 heterocycles. The number of benzene rings is 3. The molecular weight excluding hydrogens is 547 g/mol. The molecule has 2 aliphatic rings. The minimum atomic E-state index is -0.345. The average molecular weight is 593 g/mol. The van der Waals surface area contributed by atoms with Crippen LogP contribution in [0, 0.1) is 5.82 Å². The second-order valence-corrected chi connectivity index (χ2v) is 11.6. The summed E-state index contributed by atoms with van der Waals surface area (Å²) in [5.41, 5.74) is 5.58. The lowest BCUT2D eigenvalue weighted by atomic mass is 9.79. The first kappa shape index (κ1) is 31.0. The van der Waals surface area contributed by atoms with Crippen LogP contribution < -0.4 is 19.1 Å². The maximum Gasteiger partial charge on any atom is 0.165 e. The Morgan fingerprint density at radius 2 is 1.70 bits per heavy atom. The number of hydrogen-bond acceptors (Lipinski definition) is 7. The summed E-state index contributed by atoms with van der Waals surface area (Å²) in [5, 5.41) is 9.96. The van der Waals surface area contributed by atoms with E-state index in [0.717, 1.165) is 69.7 Å². The molecule has 1 aliphatic heterocycles. The van der Waals surface area contributed by atoms with Crippen LogP contribution in [-0.4, -0.2) is 70.2 Å². The number of likely N-dealkylation sites (N-methyl/N-ethyl adjacent to an activating group) is 1. The van der Waals surface area contributed by atoms with Crippen LogP contribution in [0.4, 0.5) is 10.1 Å². The van der Waals surface area contributed by atoms with Crippen LogP contribution in [0.2, 0.25) is 0 Å². The van der Waals surface area contributed by atoms with Crippen molar-refractivity contribution in [2.24, 2.45) is 0 Å². The van der Waals surface area contributed by atoms with E-state index in [0.29, 0.717) is 36.4 Å². The summed E-state index contributed by atoms with van der Waals surface area (Å²) in [7, 11) is 5.40. The van der Waals surface area contributed by atoms with Gasteiger partial charge in [0.25, 0.3) is 0 Å². The summed E-state index contributed by atoms with van der Waals surface area (Å²) < 4.78 is 37.9. The Kier molecular flexibility index (Phi) is 10.3. The van der Waals surface area contributed by atoms with E-state index in [1.54, 1.807) is 32.4 Å². The molecule has 1 atom stereocenters. The number of phenolic OH excluding ortho intramolecular Hbond substituents is 1. The van der Waals surface area contributed by atoms with Gasteiger partial charge < -0.3 is 29.0 Å². The fraction of sp³-hybridized carbons (Fsp3) is 0.486. The Labute approximate surface area is 255 Å². The number of nitrogens with zero attached hydrogens (tertiary/aromatic N) is 2. The van der Waals surface area contributed by atoms with E-state index in [-0.39, 0.29) is 17.5 Å². The molecule has 7 nitrogen and oxygen atoms in total. The maximum absolute atomic E-state index is 15.2. The average Bonchev–Trinajstić information content (AvgIpc) is 3.04. The third kappa shape index (κ3) is 7.36. The van der Waals surface area contributed by atoms with Gasteiger partial charge in [0, 0.05) is 50.6 Å². The molecule has 0 bridgehead atoms. The lowest BCUT2D eigenvalue weighted by Gasteiger charge is -2.32. The Balaban J connectivity index is 1.32. The highest BCUT2D eigenvalue weighted by Crippen LogP contribution is 2.43. The van der Waals surface area contributed by atoms with Crippen LogP contribution in [0.15, 0.2) is 48.5 Å². The van der Waals surface area contributed by atoms with Gasteiger partial charge in [-0.2, -0.15) is 0 Å². The normalized spacial score (nSPS) is 17.0. The van der Waals surface area contributed by atoms with E-state index in [1.165, 1.54) is 16.7 Å². The second-order valence-electron chi connectivity index (χ2n) is 11.6. The van der Waals surface area contributed by atoms with Crippen LogP contribution >= 0.6 is 0 Å². The van der Waals surface area contributed by atoms with Gasteiger partial charge in [0.1, 0.15) is 12.4 Å². The molecule has 0 radical (unpaired) electrons. The fourth-order valence-electron chi connectivity index (χ4n) is 6.45. The van der Waals surface area contributed by atoms with Crippen molar-refractivity contribution < 1.29 is 28.4 Å². The topological polar surface area (TPSA) is 63.6 Å². The molecule has 1 N–H and O–H groups in total. The molecule has 43 heavy (non-hydrogen) atoms. The summed E-state index contributed by atoms with van der Waals surface area (Å²) in [4.78, 5) is 4.55. The Morgan fingerprint density at radius 3 is 2.42 bits per heavy atom. The third-order valence-electron chi connectivity index (χ3n) is 9.00. The largest absolute Gasteiger partial charge is 0.508 e. The molecule has 1 saturated heterocycles. The van der Waals surface area contributed by atoms with Crippen LogP contribution in [-0.2, 0) is 24.1 Å². The molecule has 3 aromatic carbocycles. The van der Waals surface area contributed by atoms with Crippen molar-refractivity contribution in [2.75, 3.05) is 59.1 Å². The zero-order valence-corrected chi connectivity index (χ0v) is 25.9. The molecule has 3 aromatic rings. The summed E-state index contributed by atoms with van der Waals surface area (Å²) in [6.07, 6.45) is 4.77. The first-order valence-corrected chi connectivity index (χ1v) is 15.4. The highest BCUT2D eigenvalue weighted by molar-refractivity contribution is 5.64. The molecule has 0 spiro atoms. The number of aromatic hydroxyl groups is 1. The highest BCUT2D eigenvalue weighted by atomic mass is 19.1. The molecule has 8 heteroatoms. The van der Waals surface area contributed by atoms with Gasteiger partial charge in [-0.25, -0.2) is 4.39 Å². The number of ether oxygens (including phenoxy) is 4. The Hall–Kier alpha value is -3.49. The second kappa shape index (κ2) is 14.3. The van der Waals surface area contributed by atoms with Crippen molar-refractivity contribution in [3.8, 4) is 23.0 Å². The van der Waals surface area contributed by atoms with Gasteiger partial charge in [0.15, 0.2) is 23.1 Å². The molecule has 1 aliphatic carbocycles. The van der Waals surface area contributed by atoms with Crippen LogP contribution in [0.5, 0.6) is 23.0 Å². The van der Waals surface area contributed by atoms with Crippen molar-refractivity contribution >= 4 is 5.69 Å². The Bertz CT molecular complexity index is 1380. The zero-order chi connectivity index (χ0) is 30.3. The van der Waals surface area contributed by atoms with Crippen LogP contribution in [0.1, 0.15) is 54.4 Å². The minimum absolute atomic E-state index is 0.271. The van der Waals surface area contributed by atoms with Crippen molar-refractivity contribution in [3.05, 3.63) is 76.6 Å². The van der Waals surface area contributed by atoms with E-state index in [2.05, 4.69) is 29.8 Å². The van der Waals surface area contributed by atoms with Gasteiger partial charge in [0.05, 0.1) is 14.2 Å². The minimum Gasteiger partial charge on any atom is -0.508 e. The fourth-order valence-corrected chi connectivity index (χ4v) is 6.45. The van der Waals surface area contributed by atoms with E-state index in [9.17, 15) is 5.11 Å². The molecule has 5 rings (SSSR count). The number of phenols is 1. The molecule has 1 unspecified atom stereocenters. The maximum atomic E-state index is 15.2. The van der Waals surface area contributed by atoms with Crippen molar-refractivity contribution in [2.45, 2.75) is 57.5 Å². The zero-order valence-electron chi connectivity index (χ0n) is 25.9. The van der Waals surface area contributed by atoms with Gasteiger partial charge in [-0.05, 0) is 105 Å².